The topological polar surface area (TPSA) is 51.8 Å². The highest BCUT2D eigenvalue weighted by Gasteiger charge is 2.21. The van der Waals surface area contributed by atoms with Crippen molar-refractivity contribution in [1.82, 2.24) is 15.0 Å². The van der Waals surface area contributed by atoms with Gasteiger partial charge in [0.05, 0.1) is 0 Å². The molecule has 2 heterocycles. The van der Waals surface area contributed by atoms with Gasteiger partial charge in [0, 0.05) is 27.5 Å². The van der Waals surface area contributed by atoms with E-state index in [0.29, 0.717) is 17.5 Å². The van der Waals surface area contributed by atoms with E-state index in [1.165, 1.54) is 64.6 Å². The Labute approximate surface area is 360 Å². The zero-order valence-corrected chi connectivity index (χ0v) is 33.8. The Morgan fingerprint density at radius 2 is 0.746 bits per heavy atom. The first-order valence-corrected chi connectivity index (χ1v) is 21.4. The molecule has 0 aliphatic heterocycles. The predicted octanol–water partition coefficient (Wildman–Crippen LogP) is 15.9. The van der Waals surface area contributed by atoms with Crippen LogP contribution in [0, 0.1) is 0 Å². The lowest BCUT2D eigenvalue weighted by Gasteiger charge is -2.18. The number of aromatic nitrogens is 3. The van der Waals surface area contributed by atoms with Crippen LogP contribution in [0.4, 0.5) is 0 Å². The molecular weight excluding hydrogens is 767 g/mol. The molecule has 0 saturated heterocycles. The summed E-state index contributed by atoms with van der Waals surface area (Å²) in [6.07, 6.45) is 0. The van der Waals surface area contributed by atoms with E-state index in [9.17, 15) is 0 Å². The fraction of sp³-hybridized carbons (Fsp3) is 0. The number of nitrogens with zero attached hydrogens (tertiary/aromatic N) is 3. The molecule has 0 amide bonds. The fourth-order valence-electron chi connectivity index (χ4n) is 10.5. The second-order valence-corrected chi connectivity index (χ2v) is 16.6. The lowest BCUT2D eigenvalue weighted by molar-refractivity contribution is 0.669. The molecule has 0 unspecified atom stereocenters. The molecule has 63 heavy (non-hydrogen) atoms. The van der Waals surface area contributed by atoms with Crippen molar-refractivity contribution in [2.75, 3.05) is 0 Å². The summed E-state index contributed by atoms with van der Waals surface area (Å²) in [6, 6.07) is 71.8. The van der Waals surface area contributed by atoms with Gasteiger partial charge < -0.3 is 4.42 Å². The zero-order valence-electron chi connectivity index (χ0n) is 33.8. The first kappa shape index (κ1) is 34.3. The first-order valence-electron chi connectivity index (χ1n) is 21.4. The Hall–Kier alpha value is -8.47. The van der Waals surface area contributed by atoms with Gasteiger partial charge in [-0.3, -0.25) is 0 Å². The van der Waals surface area contributed by atoms with Crippen LogP contribution in [0.25, 0.3) is 143 Å². The van der Waals surface area contributed by atoms with E-state index in [4.69, 9.17) is 19.4 Å². The van der Waals surface area contributed by atoms with Gasteiger partial charge in [-0.25, -0.2) is 15.0 Å². The smallest absolute Gasteiger partial charge is 0.164 e. The van der Waals surface area contributed by atoms with Crippen LogP contribution in [0.3, 0.4) is 0 Å². The Morgan fingerprint density at radius 1 is 0.254 bits per heavy atom. The molecule has 0 radical (unpaired) electrons. The van der Waals surface area contributed by atoms with Gasteiger partial charge in [-0.1, -0.05) is 170 Å². The molecule has 14 rings (SSSR count). The Balaban J connectivity index is 1.04. The van der Waals surface area contributed by atoms with Crippen molar-refractivity contribution in [3.63, 3.8) is 0 Å². The molecule has 0 N–H and O–H groups in total. The van der Waals surface area contributed by atoms with Crippen LogP contribution < -0.4 is 0 Å². The summed E-state index contributed by atoms with van der Waals surface area (Å²) in [7, 11) is 0. The summed E-state index contributed by atoms with van der Waals surface area (Å²) in [5, 5.41) is 19.5. The van der Waals surface area contributed by atoms with Crippen molar-refractivity contribution in [2.24, 2.45) is 0 Å². The van der Waals surface area contributed by atoms with E-state index in [1.54, 1.807) is 0 Å². The number of fused-ring (bicyclic) bond motifs is 6. The Morgan fingerprint density at radius 3 is 1.44 bits per heavy atom. The molecule has 0 atom stereocenters. The average molecular weight is 800 g/mol. The molecule has 0 bridgehead atoms. The van der Waals surface area contributed by atoms with E-state index >= 15 is 0 Å². The summed E-state index contributed by atoms with van der Waals surface area (Å²) in [6.45, 7) is 0. The van der Waals surface area contributed by atoms with Gasteiger partial charge >= 0.3 is 0 Å². The van der Waals surface area contributed by atoms with E-state index in [-0.39, 0.29) is 0 Å². The van der Waals surface area contributed by atoms with Crippen LogP contribution in [0.5, 0.6) is 0 Å². The highest BCUT2D eigenvalue weighted by atomic mass is 16.3. The number of hydrogen-bond acceptors (Lipinski definition) is 4. The Bertz CT molecular complexity index is 4200. The largest absolute Gasteiger partial charge is 0.456 e. The highest BCUT2D eigenvalue weighted by Crippen LogP contribution is 2.46. The van der Waals surface area contributed by atoms with Crippen LogP contribution in [0.15, 0.2) is 205 Å². The molecule has 0 spiro atoms. The monoisotopic (exact) mass is 799 g/mol. The molecule has 290 valence electrons. The highest BCUT2D eigenvalue weighted by molar-refractivity contribution is 6.37. The van der Waals surface area contributed by atoms with Crippen LogP contribution in [0.1, 0.15) is 0 Å². The molecule has 2 aromatic heterocycles. The molecule has 0 saturated carbocycles. The van der Waals surface area contributed by atoms with Crippen molar-refractivity contribution < 1.29 is 4.42 Å². The second-order valence-electron chi connectivity index (χ2n) is 16.6. The van der Waals surface area contributed by atoms with Gasteiger partial charge in [-0.15, -0.1) is 0 Å². The maximum Gasteiger partial charge on any atom is 0.164 e. The van der Waals surface area contributed by atoms with Crippen molar-refractivity contribution in [2.45, 2.75) is 0 Å². The second kappa shape index (κ2) is 13.0. The maximum atomic E-state index is 6.31. The predicted molar refractivity (Wildman–Crippen MR) is 263 cm³/mol. The molecule has 14 aromatic rings. The third-order valence-corrected chi connectivity index (χ3v) is 13.2. The number of para-hydroxylation sites is 1. The standard InChI is InChI=1S/C59H33N3O/c1-2-12-37(13-3-1)57-60-58(62-59(61-57)48-23-11-25-51-56(48)47-19-6-7-24-50(47)63-51)46-31-30-40(41-17-4-5-18-42(41)46)39-32-38-29-28-36-15-9-21-44-43-20-8-14-34-26-27-35-16-10-22-45(54(35)52(34)43)49(33-39)55(38)53(36)44/h1-33H. The van der Waals surface area contributed by atoms with E-state index in [1.807, 2.05) is 48.5 Å². The molecule has 12 aromatic carbocycles. The summed E-state index contributed by atoms with van der Waals surface area (Å²) in [5.74, 6) is 1.83. The van der Waals surface area contributed by atoms with Gasteiger partial charge in [0.25, 0.3) is 0 Å². The summed E-state index contributed by atoms with van der Waals surface area (Å²) in [5.41, 5.74) is 6.72. The van der Waals surface area contributed by atoms with Crippen LogP contribution in [0.2, 0.25) is 0 Å². The van der Waals surface area contributed by atoms with Gasteiger partial charge in [-0.05, 0) is 117 Å². The van der Waals surface area contributed by atoms with Crippen LogP contribution in [-0.4, -0.2) is 15.0 Å². The molecule has 0 aliphatic rings. The zero-order chi connectivity index (χ0) is 41.2. The first-order chi connectivity index (χ1) is 31.2. The molecule has 0 fully saturated rings. The van der Waals surface area contributed by atoms with Crippen molar-refractivity contribution in [1.29, 1.82) is 0 Å². The normalized spacial score (nSPS) is 12.1. The lowest BCUT2D eigenvalue weighted by Crippen LogP contribution is -2.01. The van der Waals surface area contributed by atoms with Gasteiger partial charge in [-0.2, -0.15) is 0 Å². The summed E-state index contributed by atoms with van der Waals surface area (Å²) in [4.78, 5) is 15.7. The van der Waals surface area contributed by atoms with Gasteiger partial charge in [0.15, 0.2) is 17.5 Å². The van der Waals surface area contributed by atoms with E-state index < -0.39 is 0 Å². The van der Waals surface area contributed by atoms with Gasteiger partial charge in [0.2, 0.25) is 0 Å². The van der Waals surface area contributed by atoms with Crippen molar-refractivity contribution >= 4 is 97.3 Å². The molecule has 0 aliphatic carbocycles. The van der Waals surface area contributed by atoms with Gasteiger partial charge in [0.1, 0.15) is 11.2 Å². The van der Waals surface area contributed by atoms with Crippen LogP contribution >= 0.6 is 0 Å². The number of hydrogen-bond donors (Lipinski definition) is 0. The van der Waals surface area contributed by atoms with Crippen molar-refractivity contribution in [3.8, 4) is 45.3 Å². The minimum Gasteiger partial charge on any atom is -0.456 e. The van der Waals surface area contributed by atoms with E-state index in [2.05, 4.69) is 152 Å². The molecular formula is C59H33N3O. The summed E-state index contributed by atoms with van der Waals surface area (Å²) >= 11 is 0. The minimum absolute atomic E-state index is 0.599. The average Bonchev–Trinajstić information content (AvgIpc) is 3.74. The quantitative estimate of drug-likeness (QED) is 0.166. The van der Waals surface area contributed by atoms with E-state index in [0.717, 1.165) is 60.5 Å². The van der Waals surface area contributed by atoms with Crippen molar-refractivity contribution in [3.05, 3.63) is 200 Å². The lowest BCUT2D eigenvalue weighted by atomic mass is 9.86. The molecule has 4 nitrogen and oxygen atoms in total. The number of benzene rings is 11. The fourth-order valence-corrected chi connectivity index (χ4v) is 10.5. The minimum atomic E-state index is 0.599. The maximum absolute atomic E-state index is 6.31. The van der Waals surface area contributed by atoms with Crippen LogP contribution in [-0.2, 0) is 0 Å². The SMILES string of the molecule is c1ccc(-c2nc(-c3ccc(-c4cc5ccc6cccc7c8cccc9ccc%10cccc(c(c4)c5c67)c%10c98)c4ccccc34)nc(-c3cccc4oc5ccccc5c34)n2)cc1. The third kappa shape index (κ3) is 5.00. The Kier molecular flexibility index (Phi) is 7.08. The summed E-state index contributed by atoms with van der Waals surface area (Å²) < 4.78 is 6.31. The third-order valence-electron chi connectivity index (χ3n) is 13.2. The number of rotatable bonds is 4. The number of furan rings is 1. The molecule has 4 heteroatoms.